The summed E-state index contributed by atoms with van der Waals surface area (Å²) in [7, 11) is -1.22. The minimum atomic E-state index is -1.22. The fourth-order valence-electron chi connectivity index (χ4n) is 1.81. The zero-order valence-corrected chi connectivity index (χ0v) is 11.4. The number of aryl methyl sites for hydroxylation is 1. The number of nitrogens with zero attached hydrogens (tertiary/aromatic N) is 1. The monoisotopic (exact) mass is 273 g/mol. The highest BCUT2D eigenvalue weighted by atomic mass is 32.2. The van der Waals surface area contributed by atoms with Crippen molar-refractivity contribution in [3.05, 3.63) is 65.7 Å². The van der Waals surface area contributed by atoms with Crippen LogP contribution in [0.3, 0.4) is 0 Å². The van der Waals surface area contributed by atoms with E-state index in [1.165, 1.54) is 0 Å². The second-order valence-corrected chi connectivity index (χ2v) is 5.59. The van der Waals surface area contributed by atoms with Gasteiger partial charge in [0.2, 0.25) is 0 Å². The molecule has 1 unspecified atom stereocenters. The van der Waals surface area contributed by atoms with Gasteiger partial charge < -0.3 is 5.21 Å². The summed E-state index contributed by atoms with van der Waals surface area (Å²) >= 11 is 0. The van der Waals surface area contributed by atoms with Crippen LogP contribution in [0.4, 0.5) is 0 Å². The highest BCUT2D eigenvalue weighted by Crippen LogP contribution is 2.14. The summed E-state index contributed by atoms with van der Waals surface area (Å²) in [6.07, 6.45) is 0. The maximum absolute atomic E-state index is 12.3. The molecule has 0 aromatic heterocycles. The molecule has 0 bridgehead atoms. The molecule has 0 radical (unpaired) electrons. The summed E-state index contributed by atoms with van der Waals surface area (Å²) in [5.41, 5.74) is 2.19. The average Bonchev–Trinajstić information content (AvgIpc) is 2.46. The zero-order valence-electron chi connectivity index (χ0n) is 10.6. The third kappa shape index (κ3) is 3.29. The highest BCUT2D eigenvalue weighted by molar-refractivity contribution is 7.85. The molecular formula is C15H15NO2S. The molecule has 2 aromatic rings. The van der Waals surface area contributed by atoms with Gasteiger partial charge in [-0.2, -0.15) is 0 Å². The zero-order chi connectivity index (χ0) is 13.7. The molecular weight excluding hydrogens is 258 g/mol. The molecule has 2 aromatic carbocycles. The first-order valence-corrected chi connectivity index (χ1v) is 7.24. The first-order chi connectivity index (χ1) is 9.22. The van der Waals surface area contributed by atoms with Crippen LogP contribution in [-0.2, 0) is 10.8 Å². The Morgan fingerprint density at radius 2 is 1.74 bits per heavy atom. The highest BCUT2D eigenvalue weighted by Gasteiger charge is 2.12. The Hall–Kier alpha value is -1.94. The van der Waals surface area contributed by atoms with Gasteiger partial charge in [0.05, 0.1) is 22.3 Å². The van der Waals surface area contributed by atoms with Gasteiger partial charge in [-0.25, -0.2) is 0 Å². The summed E-state index contributed by atoms with van der Waals surface area (Å²) in [6.45, 7) is 1.92. The van der Waals surface area contributed by atoms with Crippen LogP contribution in [0, 0.1) is 6.92 Å². The fraction of sp³-hybridized carbons (Fsp3) is 0.133. The summed E-state index contributed by atoms with van der Waals surface area (Å²) in [5, 5.41) is 12.4. The lowest BCUT2D eigenvalue weighted by molar-refractivity contribution is 0.319. The van der Waals surface area contributed by atoms with Crippen molar-refractivity contribution in [1.29, 1.82) is 0 Å². The van der Waals surface area contributed by atoms with Crippen molar-refractivity contribution in [1.82, 2.24) is 0 Å². The Kier molecular flexibility index (Phi) is 4.47. The minimum absolute atomic E-state index is 0.200. The molecule has 0 spiro atoms. The van der Waals surface area contributed by atoms with Crippen LogP contribution in [0.25, 0.3) is 0 Å². The molecule has 0 aliphatic rings. The molecule has 4 heteroatoms. The van der Waals surface area contributed by atoms with Gasteiger partial charge >= 0.3 is 0 Å². The topological polar surface area (TPSA) is 49.7 Å². The number of hydrogen-bond donors (Lipinski definition) is 1. The van der Waals surface area contributed by atoms with Crippen molar-refractivity contribution >= 4 is 16.5 Å². The standard InChI is InChI=1S/C15H15NO2S/c1-12-7-5-6-10-15(12)19(18)11-14(16-17)13-8-3-2-4-9-13/h2-10,17H,11H2,1H3/b16-14-. The van der Waals surface area contributed by atoms with Crippen molar-refractivity contribution in [3.8, 4) is 0 Å². The number of hydrogen-bond acceptors (Lipinski definition) is 3. The van der Waals surface area contributed by atoms with Crippen molar-refractivity contribution in [2.75, 3.05) is 5.75 Å². The van der Waals surface area contributed by atoms with Gasteiger partial charge in [0.25, 0.3) is 0 Å². The quantitative estimate of drug-likeness (QED) is 0.529. The summed E-state index contributed by atoms with van der Waals surface area (Å²) in [6, 6.07) is 16.8. The molecule has 0 fully saturated rings. The van der Waals surface area contributed by atoms with E-state index in [9.17, 15) is 4.21 Å². The van der Waals surface area contributed by atoms with Gasteiger partial charge in [0.15, 0.2) is 0 Å². The lowest BCUT2D eigenvalue weighted by atomic mass is 10.1. The van der Waals surface area contributed by atoms with E-state index >= 15 is 0 Å². The van der Waals surface area contributed by atoms with Crippen LogP contribution in [0.5, 0.6) is 0 Å². The molecule has 3 nitrogen and oxygen atoms in total. The lowest BCUT2D eigenvalue weighted by Crippen LogP contribution is -2.13. The third-order valence-corrected chi connectivity index (χ3v) is 4.32. The molecule has 1 atom stereocenters. The molecule has 0 amide bonds. The van der Waals surface area contributed by atoms with Gasteiger partial charge in [-0.3, -0.25) is 4.21 Å². The van der Waals surface area contributed by atoms with E-state index in [0.717, 1.165) is 16.0 Å². The third-order valence-electron chi connectivity index (χ3n) is 2.83. The second-order valence-electron chi connectivity index (χ2n) is 4.17. The molecule has 1 N–H and O–H groups in total. The van der Waals surface area contributed by atoms with Crippen LogP contribution in [0.1, 0.15) is 11.1 Å². The average molecular weight is 273 g/mol. The largest absolute Gasteiger partial charge is 0.411 e. The van der Waals surface area contributed by atoms with E-state index in [4.69, 9.17) is 5.21 Å². The molecule has 0 saturated carbocycles. The SMILES string of the molecule is Cc1ccccc1S(=O)C/C(=N/O)c1ccccc1. The number of rotatable bonds is 4. The number of benzene rings is 2. The van der Waals surface area contributed by atoms with Gasteiger partial charge in [0, 0.05) is 10.5 Å². The van der Waals surface area contributed by atoms with Crippen LogP contribution in [0.15, 0.2) is 64.6 Å². The Labute approximate surface area is 115 Å². The predicted octanol–water partition coefficient (Wildman–Crippen LogP) is 2.98. The first kappa shape index (κ1) is 13.5. The van der Waals surface area contributed by atoms with Gasteiger partial charge in [-0.05, 0) is 18.6 Å². The maximum Gasteiger partial charge on any atom is 0.0996 e. The molecule has 0 heterocycles. The van der Waals surface area contributed by atoms with Crippen molar-refractivity contribution in [2.45, 2.75) is 11.8 Å². The van der Waals surface area contributed by atoms with Crippen LogP contribution >= 0.6 is 0 Å². The van der Waals surface area contributed by atoms with E-state index in [2.05, 4.69) is 5.16 Å². The van der Waals surface area contributed by atoms with Crippen LogP contribution in [-0.4, -0.2) is 20.9 Å². The molecule has 0 aliphatic carbocycles. The normalized spacial score (nSPS) is 13.2. The molecule has 0 aliphatic heterocycles. The Bertz CT molecular complexity index is 609. The summed E-state index contributed by atoms with van der Waals surface area (Å²) in [5.74, 6) is 0.200. The van der Waals surface area contributed by atoms with E-state index < -0.39 is 10.8 Å². The minimum Gasteiger partial charge on any atom is -0.411 e. The first-order valence-electron chi connectivity index (χ1n) is 5.92. The van der Waals surface area contributed by atoms with Crippen LogP contribution in [0.2, 0.25) is 0 Å². The van der Waals surface area contributed by atoms with Crippen LogP contribution < -0.4 is 0 Å². The van der Waals surface area contributed by atoms with E-state index in [1.807, 2.05) is 61.5 Å². The van der Waals surface area contributed by atoms with Gasteiger partial charge in [0.1, 0.15) is 0 Å². The lowest BCUT2D eigenvalue weighted by Gasteiger charge is -2.07. The fourth-order valence-corrected chi connectivity index (χ4v) is 3.10. The van der Waals surface area contributed by atoms with E-state index in [-0.39, 0.29) is 5.75 Å². The summed E-state index contributed by atoms with van der Waals surface area (Å²) < 4.78 is 12.3. The smallest absolute Gasteiger partial charge is 0.0996 e. The predicted molar refractivity (Wildman–Crippen MR) is 77.2 cm³/mol. The molecule has 0 saturated heterocycles. The molecule has 98 valence electrons. The number of oxime groups is 1. The van der Waals surface area contributed by atoms with Gasteiger partial charge in [-0.1, -0.05) is 53.7 Å². The Morgan fingerprint density at radius 3 is 2.37 bits per heavy atom. The molecule has 19 heavy (non-hydrogen) atoms. The van der Waals surface area contributed by atoms with E-state index in [0.29, 0.717) is 5.71 Å². The van der Waals surface area contributed by atoms with Crippen molar-refractivity contribution in [3.63, 3.8) is 0 Å². The van der Waals surface area contributed by atoms with Gasteiger partial charge in [-0.15, -0.1) is 0 Å². The Balaban J connectivity index is 2.21. The summed E-state index contributed by atoms with van der Waals surface area (Å²) in [4.78, 5) is 0.777. The molecule has 2 rings (SSSR count). The maximum atomic E-state index is 12.3. The van der Waals surface area contributed by atoms with Crippen molar-refractivity contribution in [2.24, 2.45) is 5.16 Å². The Morgan fingerprint density at radius 1 is 1.11 bits per heavy atom. The van der Waals surface area contributed by atoms with E-state index in [1.54, 1.807) is 0 Å². The van der Waals surface area contributed by atoms with Crippen molar-refractivity contribution < 1.29 is 9.42 Å². The second kappa shape index (κ2) is 6.29.